The highest BCUT2D eigenvalue weighted by molar-refractivity contribution is 5.77. The third kappa shape index (κ3) is 6.17. The topological polar surface area (TPSA) is 104 Å². The predicted molar refractivity (Wildman–Crippen MR) is 172 cm³/mol. The van der Waals surface area contributed by atoms with E-state index in [4.69, 9.17) is 0 Å². The summed E-state index contributed by atoms with van der Waals surface area (Å²) >= 11 is 0. The molecule has 240 valence electrons. The number of pyridine rings is 1. The lowest BCUT2D eigenvalue weighted by Crippen LogP contribution is -2.46. The van der Waals surface area contributed by atoms with Crippen molar-refractivity contribution in [3.63, 3.8) is 0 Å². The van der Waals surface area contributed by atoms with Crippen LogP contribution in [0.1, 0.15) is 52.1 Å². The third-order valence-electron chi connectivity index (χ3n) is 9.47. The Morgan fingerprint density at radius 2 is 1.67 bits per heavy atom. The van der Waals surface area contributed by atoms with Crippen LogP contribution >= 0.6 is 0 Å². The zero-order chi connectivity index (χ0) is 31.9. The van der Waals surface area contributed by atoms with Crippen molar-refractivity contribution in [2.45, 2.75) is 65.0 Å². The summed E-state index contributed by atoms with van der Waals surface area (Å²) in [4.78, 5) is 31.8. The van der Waals surface area contributed by atoms with E-state index in [2.05, 4.69) is 49.2 Å². The number of piperidine rings is 2. The number of halogens is 2. The molecule has 0 amide bonds. The van der Waals surface area contributed by atoms with E-state index in [0.717, 1.165) is 25.7 Å². The number of hydrogen-bond acceptors (Lipinski definition) is 8. The lowest BCUT2D eigenvalue weighted by Gasteiger charge is -2.46. The number of hydrogen-bond donors (Lipinski definition) is 2. The van der Waals surface area contributed by atoms with Gasteiger partial charge in [-0.2, -0.15) is 4.98 Å². The Bertz CT molecular complexity index is 1700. The van der Waals surface area contributed by atoms with E-state index in [1.165, 1.54) is 72.2 Å². The highest BCUT2D eigenvalue weighted by Gasteiger charge is 2.37. The summed E-state index contributed by atoms with van der Waals surface area (Å²) in [5.74, 6) is 0.569. The Balaban J connectivity index is 1.26. The fraction of sp³-hybridized carbons (Fsp3) is 0.515. The number of anilines is 3. The molecule has 2 saturated heterocycles. The summed E-state index contributed by atoms with van der Waals surface area (Å²) < 4.78 is 30.3. The first-order valence-electron chi connectivity index (χ1n) is 15.7. The van der Waals surface area contributed by atoms with Crippen LogP contribution in [0.5, 0.6) is 0 Å². The molecule has 10 nitrogen and oxygen atoms in total. The average molecular weight is 621 g/mol. The van der Waals surface area contributed by atoms with Crippen LogP contribution in [0, 0.1) is 11.3 Å². The molecule has 2 N–H and O–H groups in total. The maximum Gasteiger partial charge on any atom is 0.278 e. The van der Waals surface area contributed by atoms with Crippen LogP contribution in [0.25, 0.3) is 16.9 Å². The number of nitrogens with zero attached hydrogens (tertiary/aromatic N) is 7. The van der Waals surface area contributed by atoms with Crippen molar-refractivity contribution in [2.24, 2.45) is 11.3 Å². The lowest BCUT2D eigenvalue weighted by molar-refractivity contribution is -0.0910. The maximum absolute atomic E-state index is 13.6. The zero-order valence-corrected chi connectivity index (χ0v) is 26.4. The number of alkyl halides is 2. The van der Waals surface area contributed by atoms with Crippen molar-refractivity contribution in [1.29, 1.82) is 0 Å². The molecule has 2 aliphatic rings. The van der Waals surface area contributed by atoms with Gasteiger partial charge in [-0.15, -0.1) is 0 Å². The number of benzene rings is 1. The number of aliphatic hydroxyl groups is 1. The van der Waals surface area contributed by atoms with Crippen molar-refractivity contribution in [1.82, 2.24) is 29.2 Å². The Morgan fingerprint density at radius 1 is 1.00 bits per heavy atom. The molecule has 0 bridgehead atoms. The van der Waals surface area contributed by atoms with Crippen molar-refractivity contribution in [3.8, 4) is 5.82 Å². The lowest BCUT2D eigenvalue weighted by atomic mass is 9.71. The van der Waals surface area contributed by atoms with Gasteiger partial charge in [0.2, 0.25) is 5.95 Å². The smallest absolute Gasteiger partial charge is 0.278 e. The first-order valence-corrected chi connectivity index (χ1v) is 15.7. The monoisotopic (exact) mass is 620 g/mol. The van der Waals surface area contributed by atoms with Gasteiger partial charge >= 0.3 is 0 Å². The predicted octanol–water partition coefficient (Wildman–Crippen LogP) is 5.16. The Hall–Kier alpha value is -3.90. The molecule has 2 aliphatic heterocycles. The minimum Gasteiger partial charge on any atom is -0.378 e. The number of aromatic nitrogens is 5. The average Bonchev–Trinajstić information content (AvgIpc) is 3.29. The molecule has 0 radical (unpaired) electrons. The molecule has 6 rings (SSSR count). The molecule has 1 atom stereocenters. The van der Waals surface area contributed by atoms with Gasteiger partial charge in [0, 0.05) is 37.2 Å². The van der Waals surface area contributed by atoms with Crippen LogP contribution in [0.3, 0.4) is 0 Å². The van der Waals surface area contributed by atoms with Gasteiger partial charge in [-0.05, 0) is 100 Å². The highest BCUT2D eigenvalue weighted by atomic mass is 19.3. The molecule has 1 aromatic carbocycles. The molecule has 5 heterocycles. The van der Waals surface area contributed by atoms with Gasteiger partial charge in [-0.25, -0.2) is 28.1 Å². The van der Waals surface area contributed by atoms with Crippen LogP contribution < -0.4 is 15.8 Å². The SMILES string of the molecule is CC(C)Cn1c(=O)c2cnc(Nc3ccc(N4CCC5(CCN(C)CC5)CC4)cc3)nc2n1-c1cccc(C(C)(O)C(F)F)n1. The van der Waals surface area contributed by atoms with E-state index >= 15 is 0 Å². The van der Waals surface area contributed by atoms with Gasteiger partial charge in [0.05, 0.1) is 5.69 Å². The van der Waals surface area contributed by atoms with Gasteiger partial charge in [-0.3, -0.25) is 4.79 Å². The zero-order valence-electron chi connectivity index (χ0n) is 26.4. The fourth-order valence-corrected chi connectivity index (χ4v) is 6.48. The second-order valence-electron chi connectivity index (χ2n) is 13.3. The molecule has 3 aromatic heterocycles. The third-order valence-corrected chi connectivity index (χ3v) is 9.47. The molecule has 4 aromatic rings. The molecule has 1 unspecified atom stereocenters. The van der Waals surface area contributed by atoms with E-state index in [1.807, 2.05) is 26.0 Å². The molecule has 0 aliphatic carbocycles. The maximum atomic E-state index is 13.6. The van der Waals surface area contributed by atoms with E-state index in [-0.39, 0.29) is 40.0 Å². The Morgan fingerprint density at radius 3 is 2.31 bits per heavy atom. The quantitative estimate of drug-likeness (QED) is 0.279. The molecule has 45 heavy (non-hydrogen) atoms. The molecular weight excluding hydrogens is 578 g/mol. The van der Waals surface area contributed by atoms with Crippen molar-refractivity contribution in [2.75, 3.05) is 43.4 Å². The van der Waals surface area contributed by atoms with Crippen LogP contribution in [-0.4, -0.2) is 74.0 Å². The van der Waals surface area contributed by atoms with Gasteiger partial charge in [0.15, 0.2) is 17.1 Å². The molecule has 2 fully saturated rings. The van der Waals surface area contributed by atoms with Crippen LogP contribution in [0.2, 0.25) is 0 Å². The van der Waals surface area contributed by atoms with E-state index < -0.39 is 12.0 Å². The highest BCUT2D eigenvalue weighted by Crippen LogP contribution is 2.42. The van der Waals surface area contributed by atoms with Gasteiger partial charge in [-0.1, -0.05) is 19.9 Å². The van der Waals surface area contributed by atoms with E-state index in [1.54, 1.807) is 6.07 Å². The van der Waals surface area contributed by atoms with E-state index in [0.29, 0.717) is 12.0 Å². The van der Waals surface area contributed by atoms with Crippen LogP contribution in [0.15, 0.2) is 53.5 Å². The molecule has 0 saturated carbocycles. The summed E-state index contributed by atoms with van der Waals surface area (Å²) in [7, 11) is 2.21. The Labute approximate surface area is 261 Å². The molecule has 1 spiro atoms. The minimum atomic E-state index is -3.05. The normalized spacial score (nSPS) is 18.6. The van der Waals surface area contributed by atoms with Crippen molar-refractivity contribution in [3.05, 3.63) is 64.7 Å². The van der Waals surface area contributed by atoms with Gasteiger partial charge in [0.25, 0.3) is 12.0 Å². The number of fused-ring (bicyclic) bond motifs is 1. The summed E-state index contributed by atoms with van der Waals surface area (Å²) in [6.07, 6.45) is 3.46. The largest absolute Gasteiger partial charge is 0.378 e. The number of likely N-dealkylation sites (tertiary alicyclic amines) is 1. The number of rotatable bonds is 8. The van der Waals surface area contributed by atoms with Gasteiger partial charge < -0.3 is 20.2 Å². The molecular formula is C33H42F2N8O2. The standard InChI is InChI=1S/C33H42F2N8O2/c1-22(2)21-42-29(44)25-20-36-31(39-28(25)43(42)27-7-5-6-26(38-27)32(3,45)30(34)35)37-23-8-10-24(11-9-23)41-18-14-33(15-19-41)12-16-40(4)17-13-33/h5-11,20,22,30,45H,12-19,21H2,1-4H3,(H,36,37,39). The summed E-state index contributed by atoms with van der Waals surface area (Å²) in [5.41, 5.74) is -0.220. The van der Waals surface area contributed by atoms with Crippen molar-refractivity contribution >= 4 is 28.4 Å². The summed E-state index contributed by atoms with van der Waals surface area (Å²) in [5, 5.41) is 13.9. The fourth-order valence-electron chi connectivity index (χ4n) is 6.48. The first-order chi connectivity index (χ1) is 21.5. The van der Waals surface area contributed by atoms with E-state index in [9.17, 15) is 18.7 Å². The molecule has 12 heteroatoms. The van der Waals surface area contributed by atoms with Crippen LogP contribution in [0.4, 0.5) is 26.1 Å². The number of nitrogens with one attached hydrogen (secondary N) is 1. The second-order valence-corrected chi connectivity index (χ2v) is 13.3. The first kappa shape index (κ1) is 31.1. The summed E-state index contributed by atoms with van der Waals surface area (Å²) in [6.45, 7) is 9.80. The second kappa shape index (κ2) is 12.1. The van der Waals surface area contributed by atoms with Crippen LogP contribution in [-0.2, 0) is 12.1 Å². The minimum absolute atomic E-state index is 0.0944. The van der Waals surface area contributed by atoms with Gasteiger partial charge in [0.1, 0.15) is 5.39 Å². The summed E-state index contributed by atoms with van der Waals surface area (Å²) in [6, 6.07) is 12.7. The van der Waals surface area contributed by atoms with Crippen molar-refractivity contribution < 1.29 is 13.9 Å². The Kier molecular flexibility index (Phi) is 8.38.